The average molecular weight is 278 g/mol. The van der Waals surface area contributed by atoms with Crippen LogP contribution in [0.25, 0.3) is 0 Å². The van der Waals surface area contributed by atoms with Crippen molar-refractivity contribution in [3.63, 3.8) is 0 Å². The molecule has 1 N–H and O–H groups in total. The maximum absolute atomic E-state index is 13.6. The smallest absolute Gasteiger partial charge is 0.317 e. The second-order valence-corrected chi connectivity index (χ2v) is 5.82. The predicted molar refractivity (Wildman–Crippen MR) is 78.1 cm³/mol. The van der Waals surface area contributed by atoms with Crippen molar-refractivity contribution in [2.45, 2.75) is 39.2 Å². The molecule has 110 valence electrons. The van der Waals surface area contributed by atoms with Gasteiger partial charge >= 0.3 is 6.03 Å². The van der Waals surface area contributed by atoms with E-state index in [1.54, 1.807) is 12.1 Å². The SMILES string of the molecule is CC1CCN(C(=O)NC(C)Cc2ccccc2F)CC1. The Morgan fingerprint density at radius 3 is 2.70 bits per heavy atom. The van der Waals surface area contributed by atoms with Crippen LogP contribution in [0.15, 0.2) is 24.3 Å². The molecule has 3 nitrogen and oxygen atoms in total. The van der Waals surface area contributed by atoms with Gasteiger partial charge in [0.25, 0.3) is 0 Å². The van der Waals surface area contributed by atoms with Crippen molar-refractivity contribution in [2.75, 3.05) is 13.1 Å². The Morgan fingerprint density at radius 1 is 1.40 bits per heavy atom. The molecule has 0 radical (unpaired) electrons. The van der Waals surface area contributed by atoms with Gasteiger partial charge in [-0.1, -0.05) is 25.1 Å². The minimum atomic E-state index is -0.208. The van der Waals surface area contributed by atoms with Crippen LogP contribution in [-0.2, 0) is 6.42 Å². The molecule has 0 aliphatic carbocycles. The lowest BCUT2D eigenvalue weighted by atomic mass is 9.99. The number of carbonyl (C=O) groups excluding carboxylic acids is 1. The Morgan fingerprint density at radius 2 is 2.05 bits per heavy atom. The second-order valence-electron chi connectivity index (χ2n) is 5.82. The summed E-state index contributed by atoms with van der Waals surface area (Å²) in [6.07, 6.45) is 2.65. The minimum absolute atomic E-state index is 0.0271. The van der Waals surface area contributed by atoms with E-state index in [1.165, 1.54) is 6.07 Å². The number of rotatable bonds is 3. The molecule has 0 spiro atoms. The van der Waals surface area contributed by atoms with Gasteiger partial charge in [0.1, 0.15) is 5.82 Å². The van der Waals surface area contributed by atoms with Crippen molar-refractivity contribution < 1.29 is 9.18 Å². The van der Waals surface area contributed by atoms with Crippen LogP contribution in [0.1, 0.15) is 32.3 Å². The number of nitrogens with zero attached hydrogens (tertiary/aromatic N) is 1. The fourth-order valence-corrected chi connectivity index (χ4v) is 2.56. The van der Waals surface area contributed by atoms with E-state index >= 15 is 0 Å². The normalized spacial score (nSPS) is 17.9. The zero-order chi connectivity index (χ0) is 14.5. The molecule has 1 fully saturated rings. The van der Waals surface area contributed by atoms with Crippen LogP contribution in [0.4, 0.5) is 9.18 Å². The zero-order valence-electron chi connectivity index (χ0n) is 12.2. The molecule has 1 aromatic carbocycles. The van der Waals surface area contributed by atoms with Gasteiger partial charge in [-0.2, -0.15) is 0 Å². The monoisotopic (exact) mass is 278 g/mol. The first-order valence-corrected chi connectivity index (χ1v) is 7.35. The zero-order valence-corrected chi connectivity index (χ0v) is 12.2. The summed E-state index contributed by atoms with van der Waals surface area (Å²) in [7, 11) is 0. The van der Waals surface area contributed by atoms with Gasteiger partial charge in [0, 0.05) is 19.1 Å². The lowest BCUT2D eigenvalue weighted by Crippen LogP contribution is -2.47. The topological polar surface area (TPSA) is 32.3 Å². The van der Waals surface area contributed by atoms with E-state index < -0.39 is 0 Å². The summed E-state index contributed by atoms with van der Waals surface area (Å²) < 4.78 is 13.6. The van der Waals surface area contributed by atoms with Crippen molar-refractivity contribution in [1.82, 2.24) is 10.2 Å². The molecule has 1 heterocycles. The highest BCUT2D eigenvalue weighted by Crippen LogP contribution is 2.16. The fourth-order valence-electron chi connectivity index (χ4n) is 2.56. The molecule has 0 aromatic heterocycles. The third kappa shape index (κ3) is 3.95. The van der Waals surface area contributed by atoms with Crippen molar-refractivity contribution >= 4 is 6.03 Å². The van der Waals surface area contributed by atoms with Crippen molar-refractivity contribution in [3.8, 4) is 0 Å². The first-order valence-electron chi connectivity index (χ1n) is 7.35. The van der Waals surface area contributed by atoms with Gasteiger partial charge in [0.05, 0.1) is 0 Å². The van der Waals surface area contributed by atoms with Crippen molar-refractivity contribution in [1.29, 1.82) is 0 Å². The Hall–Kier alpha value is -1.58. The van der Waals surface area contributed by atoms with Crippen LogP contribution in [0, 0.1) is 11.7 Å². The summed E-state index contributed by atoms with van der Waals surface area (Å²) in [6.45, 7) is 5.77. The predicted octanol–water partition coefficient (Wildman–Crippen LogP) is 3.20. The Bertz CT molecular complexity index is 456. The Balaban J connectivity index is 1.83. The van der Waals surface area contributed by atoms with Crippen LogP contribution in [0.5, 0.6) is 0 Å². The summed E-state index contributed by atoms with van der Waals surface area (Å²) in [5, 5.41) is 2.96. The number of halogens is 1. The van der Waals surface area contributed by atoms with Crippen LogP contribution < -0.4 is 5.32 Å². The second kappa shape index (κ2) is 6.73. The maximum atomic E-state index is 13.6. The average Bonchev–Trinajstić information content (AvgIpc) is 2.42. The first-order chi connectivity index (χ1) is 9.56. The highest BCUT2D eigenvalue weighted by atomic mass is 19.1. The molecule has 2 amide bonds. The van der Waals surface area contributed by atoms with Gasteiger partial charge in [-0.3, -0.25) is 0 Å². The summed E-state index contributed by atoms with van der Waals surface area (Å²) >= 11 is 0. The van der Waals surface area contributed by atoms with E-state index in [0.717, 1.165) is 25.9 Å². The highest BCUT2D eigenvalue weighted by Gasteiger charge is 2.21. The quantitative estimate of drug-likeness (QED) is 0.904. The molecule has 1 aromatic rings. The molecule has 1 atom stereocenters. The number of amides is 2. The molecular weight excluding hydrogens is 255 g/mol. The number of benzene rings is 1. The molecule has 1 unspecified atom stereocenters. The van der Waals surface area contributed by atoms with Crippen LogP contribution in [0.3, 0.4) is 0 Å². The molecule has 2 rings (SSSR count). The lowest BCUT2D eigenvalue weighted by Gasteiger charge is -2.31. The molecule has 4 heteroatoms. The highest BCUT2D eigenvalue weighted by molar-refractivity contribution is 5.74. The minimum Gasteiger partial charge on any atom is -0.335 e. The van der Waals surface area contributed by atoms with Gasteiger partial charge in [-0.25, -0.2) is 9.18 Å². The third-order valence-electron chi connectivity index (χ3n) is 3.92. The van der Waals surface area contributed by atoms with Gasteiger partial charge in [0.15, 0.2) is 0 Å². The summed E-state index contributed by atoms with van der Waals surface area (Å²) in [5.41, 5.74) is 0.646. The fraction of sp³-hybridized carbons (Fsp3) is 0.562. The van der Waals surface area contributed by atoms with E-state index in [2.05, 4.69) is 12.2 Å². The number of nitrogens with one attached hydrogen (secondary N) is 1. The van der Waals surface area contributed by atoms with E-state index in [0.29, 0.717) is 17.9 Å². The molecular formula is C16H23FN2O. The van der Waals surface area contributed by atoms with E-state index in [9.17, 15) is 9.18 Å². The van der Waals surface area contributed by atoms with E-state index in [-0.39, 0.29) is 17.9 Å². The third-order valence-corrected chi connectivity index (χ3v) is 3.92. The summed E-state index contributed by atoms with van der Waals surface area (Å²) in [4.78, 5) is 14.0. The van der Waals surface area contributed by atoms with Crippen LogP contribution in [0.2, 0.25) is 0 Å². The van der Waals surface area contributed by atoms with Crippen LogP contribution >= 0.6 is 0 Å². The molecule has 1 aliphatic heterocycles. The Labute approximate surface area is 120 Å². The summed E-state index contributed by atoms with van der Waals surface area (Å²) in [5.74, 6) is 0.496. The van der Waals surface area contributed by atoms with Crippen molar-refractivity contribution in [2.24, 2.45) is 5.92 Å². The first kappa shape index (κ1) is 14.8. The van der Waals surface area contributed by atoms with Gasteiger partial charge in [-0.15, -0.1) is 0 Å². The maximum Gasteiger partial charge on any atom is 0.317 e. The van der Waals surface area contributed by atoms with Crippen molar-refractivity contribution in [3.05, 3.63) is 35.6 Å². The lowest BCUT2D eigenvalue weighted by molar-refractivity contribution is 0.171. The summed E-state index contributed by atoms with van der Waals surface area (Å²) in [6, 6.07) is 6.62. The van der Waals surface area contributed by atoms with Crippen LogP contribution in [-0.4, -0.2) is 30.1 Å². The van der Waals surface area contributed by atoms with E-state index in [1.807, 2.05) is 17.9 Å². The number of hydrogen-bond donors (Lipinski definition) is 1. The molecule has 0 bridgehead atoms. The van der Waals surface area contributed by atoms with Gasteiger partial charge in [-0.05, 0) is 43.7 Å². The Kier molecular flexibility index (Phi) is 4.99. The van der Waals surface area contributed by atoms with E-state index in [4.69, 9.17) is 0 Å². The largest absolute Gasteiger partial charge is 0.335 e. The van der Waals surface area contributed by atoms with Gasteiger partial charge in [0.2, 0.25) is 0 Å². The number of urea groups is 1. The number of hydrogen-bond acceptors (Lipinski definition) is 1. The number of likely N-dealkylation sites (tertiary alicyclic amines) is 1. The molecule has 0 saturated carbocycles. The standard InChI is InChI=1S/C16H23FN2O/c1-12-7-9-19(10-8-12)16(20)18-13(2)11-14-5-3-4-6-15(14)17/h3-6,12-13H,7-11H2,1-2H3,(H,18,20). The molecule has 1 saturated heterocycles. The molecule has 20 heavy (non-hydrogen) atoms. The van der Waals surface area contributed by atoms with Gasteiger partial charge < -0.3 is 10.2 Å². The molecule has 1 aliphatic rings. The number of piperidine rings is 1. The number of carbonyl (C=O) groups is 1.